The molecular formula is C19H24ClN3O3S. The Bertz CT molecular complexity index is 912. The summed E-state index contributed by atoms with van der Waals surface area (Å²) in [6.45, 7) is 3.09. The molecule has 2 rings (SSSR count). The first-order chi connectivity index (χ1) is 12.6. The first kappa shape index (κ1) is 21.2. The molecule has 0 atom stereocenters. The zero-order valence-electron chi connectivity index (χ0n) is 15.9. The average molecular weight is 410 g/mol. The molecule has 1 N–H and O–H groups in total. The number of sulfonamides is 1. The fraction of sp³-hybridized carbons (Fsp3) is 0.316. The monoisotopic (exact) mass is 409 g/mol. The van der Waals surface area contributed by atoms with Crippen LogP contribution in [0.25, 0.3) is 0 Å². The van der Waals surface area contributed by atoms with Gasteiger partial charge in [0.2, 0.25) is 0 Å². The number of likely N-dealkylation sites (N-methyl/N-ethyl adjacent to an activating group) is 1. The lowest BCUT2D eigenvalue weighted by Crippen LogP contribution is -2.31. The van der Waals surface area contributed by atoms with Crippen molar-refractivity contribution in [3.05, 3.63) is 58.6 Å². The van der Waals surface area contributed by atoms with Crippen LogP contribution in [-0.4, -0.2) is 53.5 Å². The van der Waals surface area contributed by atoms with E-state index in [4.69, 9.17) is 11.6 Å². The number of nitrogens with one attached hydrogen (secondary N) is 1. The molecule has 27 heavy (non-hydrogen) atoms. The molecule has 0 aliphatic carbocycles. The van der Waals surface area contributed by atoms with Crippen LogP contribution in [0.2, 0.25) is 5.02 Å². The van der Waals surface area contributed by atoms with Crippen LogP contribution < -0.4 is 9.62 Å². The van der Waals surface area contributed by atoms with Crippen molar-refractivity contribution in [3.8, 4) is 0 Å². The highest BCUT2D eigenvalue weighted by Gasteiger charge is 2.22. The van der Waals surface area contributed by atoms with Gasteiger partial charge in [-0.25, -0.2) is 8.42 Å². The maximum atomic E-state index is 12.8. The maximum absolute atomic E-state index is 12.8. The number of rotatable bonds is 7. The van der Waals surface area contributed by atoms with Crippen molar-refractivity contribution in [2.24, 2.45) is 0 Å². The van der Waals surface area contributed by atoms with E-state index in [1.807, 2.05) is 25.9 Å². The van der Waals surface area contributed by atoms with Gasteiger partial charge in [0, 0.05) is 20.1 Å². The molecule has 0 aromatic heterocycles. The molecule has 146 valence electrons. The van der Waals surface area contributed by atoms with Crippen molar-refractivity contribution in [1.29, 1.82) is 0 Å². The second kappa shape index (κ2) is 8.73. The summed E-state index contributed by atoms with van der Waals surface area (Å²) in [4.78, 5) is 14.4. The van der Waals surface area contributed by atoms with E-state index in [1.54, 1.807) is 30.3 Å². The summed E-state index contributed by atoms with van der Waals surface area (Å²) in [6, 6.07) is 11.2. The lowest BCUT2D eigenvalue weighted by atomic mass is 10.2. The van der Waals surface area contributed by atoms with Crippen LogP contribution in [0.4, 0.5) is 5.69 Å². The lowest BCUT2D eigenvalue weighted by molar-refractivity contribution is 0.0951. The standard InChI is InChI=1S/C19H24ClN3O3S/c1-14-5-8-16(9-6-14)27(25,26)23(4)15-7-10-17(18(20)13-15)19(24)21-11-12-22(2)3/h5-10,13H,11-12H2,1-4H3,(H,21,24). The minimum absolute atomic E-state index is 0.192. The van der Waals surface area contributed by atoms with Gasteiger partial charge in [0.05, 0.1) is 21.2 Å². The average Bonchev–Trinajstić information content (AvgIpc) is 2.60. The number of amides is 1. The van der Waals surface area contributed by atoms with Crippen molar-refractivity contribution in [1.82, 2.24) is 10.2 Å². The van der Waals surface area contributed by atoms with E-state index >= 15 is 0 Å². The summed E-state index contributed by atoms with van der Waals surface area (Å²) >= 11 is 6.23. The van der Waals surface area contributed by atoms with Crippen molar-refractivity contribution in [3.63, 3.8) is 0 Å². The van der Waals surface area contributed by atoms with Crippen LogP contribution in [-0.2, 0) is 10.0 Å². The normalized spacial score (nSPS) is 11.5. The van der Waals surface area contributed by atoms with Crippen LogP contribution in [0, 0.1) is 6.92 Å². The first-order valence-corrected chi connectivity index (χ1v) is 10.2. The van der Waals surface area contributed by atoms with E-state index < -0.39 is 10.0 Å². The summed E-state index contributed by atoms with van der Waals surface area (Å²) in [7, 11) is 1.57. The molecule has 0 aliphatic rings. The van der Waals surface area contributed by atoms with Gasteiger partial charge >= 0.3 is 0 Å². The Morgan fingerprint density at radius 3 is 2.26 bits per heavy atom. The van der Waals surface area contributed by atoms with Gasteiger partial charge in [-0.15, -0.1) is 0 Å². The number of benzene rings is 2. The third kappa shape index (κ3) is 5.22. The Hall–Kier alpha value is -2.09. The van der Waals surface area contributed by atoms with Gasteiger partial charge in [0.1, 0.15) is 0 Å². The van der Waals surface area contributed by atoms with Gasteiger partial charge in [-0.05, 0) is 51.4 Å². The van der Waals surface area contributed by atoms with Gasteiger partial charge in [-0.3, -0.25) is 9.10 Å². The molecule has 0 heterocycles. The SMILES string of the molecule is Cc1ccc(S(=O)(=O)N(C)c2ccc(C(=O)NCCN(C)C)c(Cl)c2)cc1. The number of aryl methyl sites for hydroxylation is 1. The quantitative estimate of drug-likeness (QED) is 0.763. The van der Waals surface area contributed by atoms with Crippen LogP contribution in [0.1, 0.15) is 15.9 Å². The van der Waals surface area contributed by atoms with E-state index in [9.17, 15) is 13.2 Å². The Morgan fingerprint density at radius 1 is 1.07 bits per heavy atom. The Kier molecular flexibility index (Phi) is 6.86. The molecule has 0 spiro atoms. The Balaban J connectivity index is 2.21. The third-order valence-electron chi connectivity index (χ3n) is 4.08. The van der Waals surface area contributed by atoms with E-state index in [0.717, 1.165) is 9.87 Å². The fourth-order valence-corrected chi connectivity index (χ4v) is 3.83. The van der Waals surface area contributed by atoms with Crippen LogP contribution in [0.3, 0.4) is 0 Å². The molecule has 2 aromatic carbocycles. The molecule has 8 heteroatoms. The fourth-order valence-electron chi connectivity index (χ4n) is 2.38. The Morgan fingerprint density at radius 2 is 1.70 bits per heavy atom. The zero-order valence-corrected chi connectivity index (χ0v) is 17.4. The third-order valence-corrected chi connectivity index (χ3v) is 6.20. The molecule has 1 amide bonds. The number of nitrogens with zero attached hydrogens (tertiary/aromatic N) is 2. The molecule has 0 saturated heterocycles. The van der Waals surface area contributed by atoms with Crippen LogP contribution in [0.15, 0.2) is 47.4 Å². The largest absolute Gasteiger partial charge is 0.351 e. The molecule has 0 bridgehead atoms. The number of hydrogen-bond acceptors (Lipinski definition) is 4. The topological polar surface area (TPSA) is 69.7 Å². The molecule has 0 aliphatic heterocycles. The van der Waals surface area contributed by atoms with Gasteiger partial charge in [0.25, 0.3) is 15.9 Å². The van der Waals surface area contributed by atoms with Gasteiger partial charge in [0.15, 0.2) is 0 Å². The number of carbonyl (C=O) groups is 1. The smallest absolute Gasteiger partial charge is 0.264 e. The van der Waals surface area contributed by atoms with Crippen LogP contribution >= 0.6 is 11.6 Å². The predicted molar refractivity (Wildman–Crippen MR) is 109 cm³/mol. The molecule has 0 radical (unpaired) electrons. The molecule has 0 fully saturated rings. The number of halogens is 1. The lowest BCUT2D eigenvalue weighted by Gasteiger charge is -2.20. The molecule has 6 nitrogen and oxygen atoms in total. The highest BCUT2D eigenvalue weighted by Crippen LogP contribution is 2.27. The number of hydrogen-bond donors (Lipinski definition) is 1. The maximum Gasteiger partial charge on any atom is 0.264 e. The van der Waals surface area contributed by atoms with Crippen molar-refractivity contribution in [2.45, 2.75) is 11.8 Å². The highest BCUT2D eigenvalue weighted by atomic mass is 35.5. The number of anilines is 1. The van der Waals surface area contributed by atoms with Crippen molar-refractivity contribution >= 4 is 33.2 Å². The minimum atomic E-state index is -3.71. The molecule has 0 unspecified atom stereocenters. The predicted octanol–water partition coefficient (Wildman–Crippen LogP) is 2.76. The molecular weight excluding hydrogens is 386 g/mol. The van der Waals surface area contributed by atoms with E-state index in [1.165, 1.54) is 19.2 Å². The second-order valence-electron chi connectivity index (χ2n) is 6.51. The van der Waals surface area contributed by atoms with E-state index in [0.29, 0.717) is 24.3 Å². The van der Waals surface area contributed by atoms with E-state index in [2.05, 4.69) is 5.32 Å². The summed E-state index contributed by atoms with van der Waals surface area (Å²) in [5.74, 6) is -0.294. The van der Waals surface area contributed by atoms with Crippen molar-refractivity contribution < 1.29 is 13.2 Å². The van der Waals surface area contributed by atoms with E-state index in [-0.39, 0.29) is 15.8 Å². The van der Waals surface area contributed by atoms with Crippen LogP contribution in [0.5, 0.6) is 0 Å². The van der Waals surface area contributed by atoms with Gasteiger partial charge in [-0.1, -0.05) is 29.3 Å². The number of carbonyl (C=O) groups excluding carboxylic acids is 1. The molecule has 2 aromatic rings. The summed E-state index contributed by atoms with van der Waals surface area (Å²) < 4.78 is 26.7. The second-order valence-corrected chi connectivity index (χ2v) is 8.89. The summed E-state index contributed by atoms with van der Waals surface area (Å²) in [5.41, 5.74) is 1.66. The highest BCUT2D eigenvalue weighted by molar-refractivity contribution is 7.92. The molecule has 0 saturated carbocycles. The summed E-state index contributed by atoms with van der Waals surface area (Å²) in [5, 5.41) is 2.98. The zero-order chi connectivity index (χ0) is 20.2. The van der Waals surface area contributed by atoms with Gasteiger partial charge < -0.3 is 10.2 Å². The van der Waals surface area contributed by atoms with Gasteiger partial charge in [-0.2, -0.15) is 0 Å². The Labute approximate surface area is 165 Å². The first-order valence-electron chi connectivity index (χ1n) is 8.41. The van der Waals surface area contributed by atoms with Crippen molar-refractivity contribution in [2.75, 3.05) is 38.5 Å². The summed E-state index contributed by atoms with van der Waals surface area (Å²) in [6.07, 6.45) is 0. The minimum Gasteiger partial charge on any atom is -0.351 e.